The third-order valence-electron chi connectivity index (χ3n) is 1.09. The zero-order valence-corrected chi connectivity index (χ0v) is 3.76. The normalized spacial score (nSPS) is 35.7. The molecule has 0 unspecified atom stereocenters. The highest BCUT2D eigenvalue weighted by Crippen LogP contribution is 2.32. The van der Waals surface area contributed by atoms with Gasteiger partial charge in [0.25, 0.3) is 0 Å². The minimum Gasteiger partial charge on any atom is -0.312 e. The topological polar surface area (TPSA) is 28.1 Å². The van der Waals surface area contributed by atoms with Crippen LogP contribution >= 0.6 is 0 Å². The molecular weight excluding hydrogens is 88.1 g/mol. The van der Waals surface area contributed by atoms with Gasteiger partial charge in [-0.1, -0.05) is 0 Å². The van der Waals surface area contributed by atoms with Gasteiger partial charge in [0.1, 0.15) is 5.92 Å². The Labute approximate surface area is 42.2 Å². The molecule has 2 nitrogen and oxygen atoms in total. The Hall–Kier alpha value is -1.02. The van der Waals surface area contributed by atoms with Gasteiger partial charge in [-0.05, 0) is 0 Å². The highest BCUT2D eigenvalue weighted by molar-refractivity contribution is 5.11. The van der Waals surface area contributed by atoms with E-state index in [-0.39, 0.29) is 12.0 Å². The molecule has 1 saturated carbocycles. The molecule has 0 N–H and O–H groups in total. The minimum absolute atomic E-state index is 0.0463. The largest absolute Gasteiger partial charge is 0.312 e. The molecule has 2 heteroatoms. The molecule has 7 heavy (non-hydrogen) atoms. The monoisotopic (exact) mass is 92.0 g/mol. The fraction of sp³-hybridized carbons (Fsp3) is 0.600. The van der Waals surface area contributed by atoms with Gasteiger partial charge in [0.15, 0.2) is 0 Å². The van der Waals surface area contributed by atoms with Crippen molar-refractivity contribution < 1.29 is 0 Å². The SMILES string of the molecule is [C-]#[N+][C@H]1C[C@@H]1C#N. The lowest BCUT2D eigenvalue weighted by atomic mass is 10.5. The van der Waals surface area contributed by atoms with Gasteiger partial charge in [0, 0.05) is 6.42 Å². The molecular formula is C5H4N2. The Bertz CT molecular complexity index is 130. The lowest BCUT2D eigenvalue weighted by molar-refractivity contribution is 1.10. The van der Waals surface area contributed by atoms with Crippen LogP contribution < -0.4 is 0 Å². The summed E-state index contributed by atoms with van der Waals surface area (Å²) in [5, 5.41) is 8.11. The predicted octanol–water partition coefficient (Wildman–Crippen LogP) is 0.818. The number of rotatable bonds is 0. The van der Waals surface area contributed by atoms with Crippen molar-refractivity contribution in [2.45, 2.75) is 12.5 Å². The summed E-state index contributed by atoms with van der Waals surface area (Å²) in [6.45, 7) is 6.43. The Morgan fingerprint density at radius 3 is 2.71 bits per heavy atom. The maximum Gasteiger partial charge on any atom is 0.241 e. The van der Waals surface area contributed by atoms with Crippen LogP contribution in [0, 0.1) is 23.8 Å². The molecule has 1 aliphatic rings. The summed E-state index contributed by atoms with van der Waals surface area (Å²) in [5.41, 5.74) is 0. The van der Waals surface area contributed by atoms with Gasteiger partial charge >= 0.3 is 0 Å². The molecule has 0 heterocycles. The van der Waals surface area contributed by atoms with E-state index in [9.17, 15) is 0 Å². The van der Waals surface area contributed by atoms with E-state index >= 15 is 0 Å². The van der Waals surface area contributed by atoms with Gasteiger partial charge < -0.3 is 4.85 Å². The molecule has 0 spiro atoms. The van der Waals surface area contributed by atoms with Crippen molar-refractivity contribution in [2.24, 2.45) is 5.92 Å². The summed E-state index contributed by atoms with van der Waals surface area (Å²) in [5.74, 6) is 0.0671. The molecule has 34 valence electrons. The van der Waals surface area contributed by atoms with Crippen LogP contribution in [-0.4, -0.2) is 6.04 Å². The van der Waals surface area contributed by atoms with E-state index in [0.717, 1.165) is 6.42 Å². The van der Waals surface area contributed by atoms with Crippen LogP contribution in [-0.2, 0) is 0 Å². The van der Waals surface area contributed by atoms with E-state index in [1.807, 2.05) is 6.07 Å². The molecule has 0 saturated heterocycles. The smallest absolute Gasteiger partial charge is 0.241 e. The van der Waals surface area contributed by atoms with Crippen molar-refractivity contribution in [1.29, 1.82) is 5.26 Å². The Morgan fingerprint density at radius 1 is 1.86 bits per heavy atom. The first-order valence-corrected chi connectivity index (χ1v) is 2.14. The number of hydrogen-bond acceptors (Lipinski definition) is 1. The molecule has 1 aliphatic carbocycles. The summed E-state index contributed by atoms with van der Waals surface area (Å²) >= 11 is 0. The predicted molar refractivity (Wildman–Crippen MR) is 24.1 cm³/mol. The van der Waals surface area contributed by atoms with Crippen molar-refractivity contribution in [3.63, 3.8) is 0 Å². The van der Waals surface area contributed by atoms with E-state index in [4.69, 9.17) is 11.8 Å². The number of nitrogens with zero attached hydrogens (tertiary/aromatic N) is 2. The molecule has 0 aromatic carbocycles. The maximum atomic E-state index is 8.11. The van der Waals surface area contributed by atoms with Gasteiger partial charge in [0.05, 0.1) is 6.07 Å². The molecule has 1 rings (SSSR count). The second kappa shape index (κ2) is 1.24. The standard InChI is InChI=1S/C5H4N2/c1-7-5-2-4(5)3-6/h4-5H,2H2/t4-,5+/m1/s1. The van der Waals surface area contributed by atoms with Gasteiger partial charge in [0.2, 0.25) is 6.04 Å². The molecule has 0 amide bonds. The van der Waals surface area contributed by atoms with Gasteiger partial charge in [-0.2, -0.15) is 5.26 Å². The molecule has 0 bridgehead atoms. The van der Waals surface area contributed by atoms with Gasteiger partial charge in [-0.15, -0.1) is 0 Å². The van der Waals surface area contributed by atoms with Crippen LogP contribution in [0.3, 0.4) is 0 Å². The van der Waals surface area contributed by atoms with E-state index in [1.165, 1.54) is 0 Å². The molecule has 0 aliphatic heterocycles. The number of hydrogen-bond donors (Lipinski definition) is 0. The zero-order chi connectivity index (χ0) is 5.28. The fourth-order valence-corrected chi connectivity index (χ4v) is 0.463. The summed E-state index contributed by atoms with van der Waals surface area (Å²) in [6, 6.07) is 2.07. The Kier molecular flexibility index (Phi) is 0.734. The van der Waals surface area contributed by atoms with Crippen LogP contribution in [0.1, 0.15) is 6.42 Å². The molecule has 0 radical (unpaired) electrons. The maximum absolute atomic E-state index is 8.11. The fourth-order valence-electron chi connectivity index (χ4n) is 0.463. The molecule has 2 atom stereocenters. The van der Waals surface area contributed by atoms with Crippen LogP contribution in [0.4, 0.5) is 0 Å². The van der Waals surface area contributed by atoms with Crippen LogP contribution in [0.5, 0.6) is 0 Å². The second-order valence-corrected chi connectivity index (χ2v) is 1.67. The van der Waals surface area contributed by atoms with E-state index in [2.05, 4.69) is 4.85 Å². The van der Waals surface area contributed by atoms with Crippen LogP contribution in [0.2, 0.25) is 0 Å². The molecule has 1 fully saturated rings. The van der Waals surface area contributed by atoms with Crippen molar-refractivity contribution in [1.82, 2.24) is 0 Å². The first-order chi connectivity index (χ1) is 3.38. The minimum atomic E-state index is 0.0463. The average molecular weight is 92.1 g/mol. The third kappa shape index (κ3) is 0.548. The Balaban J connectivity index is 2.39. The Morgan fingerprint density at radius 2 is 2.57 bits per heavy atom. The molecule has 0 aromatic rings. The van der Waals surface area contributed by atoms with Crippen molar-refractivity contribution >= 4 is 0 Å². The molecule has 0 aromatic heterocycles. The lowest BCUT2D eigenvalue weighted by Gasteiger charge is -1.63. The number of nitriles is 1. The van der Waals surface area contributed by atoms with Crippen molar-refractivity contribution in [3.8, 4) is 6.07 Å². The highest BCUT2D eigenvalue weighted by atomic mass is 14.8. The van der Waals surface area contributed by atoms with Gasteiger partial charge in [-0.25, -0.2) is 6.57 Å². The summed E-state index contributed by atoms with van der Waals surface area (Å²) < 4.78 is 0. The lowest BCUT2D eigenvalue weighted by Crippen LogP contribution is -1.71. The van der Waals surface area contributed by atoms with Crippen LogP contribution in [0.25, 0.3) is 4.85 Å². The average Bonchev–Trinajstić information content (AvgIpc) is 2.43. The first kappa shape index (κ1) is 4.15. The van der Waals surface area contributed by atoms with E-state index in [1.54, 1.807) is 0 Å². The van der Waals surface area contributed by atoms with Crippen LogP contribution in [0.15, 0.2) is 0 Å². The highest BCUT2D eigenvalue weighted by Gasteiger charge is 2.44. The van der Waals surface area contributed by atoms with Crippen molar-refractivity contribution in [2.75, 3.05) is 0 Å². The quantitative estimate of drug-likeness (QED) is 0.406. The van der Waals surface area contributed by atoms with E-state index < -0.39 is 0 Å². The zero-order valence-electron chi connectivity index (χ0n) is 3.76. The van der Waals surface area contributed by atoms with E-state index in [0.29, 0.717) is 0 Å². The third-order valence-corrected chi connectivity index (χ3v) is 1.09. The first-order valence-electron chi connectivity index (χ1n) is 2.14. The second-order valence-electron chi connectivity index (χ2n) is 1.67. The summed E-state index contributed by atoms with van der Waals surface area (Å²) in [4.78, 5) is 3.18. The summed E-state index contributed by atoms with van der Waals surface area (Å²) in [6.07, 6.45) is 0.806. The van der Waals surface area contributed by atoms with Crippen molar-refractivity contribution in [3.05, 3.63) is 11.4 Å². The van der Waals surface area contributed by atoms with Gasteiger partial charge in [-0.3, -0.25) is 0 Å². The summed E-state index contributed by atoms with van der Waals surface area (Å²) in [7, 11) is 0.